The fraction of sp³-hybridized carbons (Fsp3) is 0.833. The van der Waals surface area contributed by atoms with Crippen molar-refractivity contribution in [3.63, 3.8) is 0 Å². The maximum Gasteiger partial charge on any atom is 0.0471 e. The Morgan fingerprint density at radius 1 is 0.857 bits per heavy atom. The Morgan fingerprint density at radius 3 is 2.07 bits per heavy atom. The molecule has 14 heavy (non-hydrogen) atoms. The van der Waals surface area contributed by atoms with Crippen LogP contribution in [0.15, 0.2) is 12.2 Å². The molecule has 0 aromatic rings. The number of hydrogen-bond acceptors (Lipinski definition) is 2. The summed E-state index contributed by atoms with van der Waals surface area (Å²) in [5, 5.41) is 3.40. The molecule has 2 rings (SSSR count). The highest BCUT2D eigenvalue weighted by Crippen LogP contribution is 2.19. The second kappa shape index (κ2) is 5.52. The van der Waals surface area contributed by atoms with Gasteiger partial charge < -0.3 is 10.1 Å². The van der Waals surface area contributed by atoms with E-state index in [1.165, 1.54) is 38.8 Å². The molecular formula is C12H21NO. The zero-order chi connectivity index (χ0) is 9.64. The lowest BCUT2D eigenvalue weighted by molar-refractivity contribution is 0.0784. The molecule has 0 amide bonds. The molecule has 0 aromatic heterocycles. The van der Waals surface area contributed by atoms with Crippen LogP contribution >= 0.6 is 0 Å². The number of allylic oxidation sites excluding steroid dienone is 2. The summed E-state index contributed by atoms with van der Waals surface area (Å²) in [4.78, 5) is 0. The lowest BCUT2D eigenvalue weighted by Gasteiger charge is -2.22. The van der Waals surface area contributed by atoms with Crippen LogP contribution in [-0.4, -0.2) is 26.3 Å². The standard InChI is InChI=1S/C12H21NO/c1(11-3-7-13-8-4-11)2-12-5-9-14-10-6-12/h1-2,11-13H,3-10H2/b2-1+. The van der Waals surface area contributed by atoms with Gasteiger partial charge >= 0.3 is 0 Å². The van der Waals surface area contributed by atoms with Crippen LogP contribution in [0.2, 0.25) is 0 Å². The summed E-state index contributed by atoms with van der Waals surface area (Å²) < 4.78 is 5.35. The molecule has 2 nitrogen and oxygen atoms in total. The minimum absolute atomic E-state index is 0.790. The van der Waals surface area contributed by atoms with Gasteiger partial charge in [0.2, 0.25) is 0 Å². The van der Waals surface area contributed by atoms with E-state index in [9.17, 15) is 0 Å². The first kappa shape index (κ1) is 10.2. The van der Waals surface area contributed by atoms with Gasteiger partial charge in [-0.05, 0) is 50.6 Å². The van der Waals surface area contributed by atoms with E-state index in [2.05, 4.69) is 17.5 Å². The van der Waals surface area contributed by atoms with Gasteiger partial charge in [-0.15, -0.1) is 0 Å². The molecule has 0 radical (unpaired) electrons. The van der Waals surface area contributed by atoms with Crippen molar-refractivity contribution in [2.75, 3.05) is 26.3 Å². The van der Waals surface area contributed by atoms with Crippen LogP contribution in [-0.2, 0) is 4.74 Å². The zero-order valence-corrected chi connectivity index (χ0v) is 8.87. The van der Waals surface area contributed by atoms with Gasteiger partial charge in [0.1, 0.15) is 0 Å². The summed E-state index contributed by atoms with van der Waals surface area (Å²) in [6, 6.07) is 0. The van der Waals surface area contributed by atoms with Crippen molar-refractivity contribution in [2.45, 2.75) is 25.7 Å². The Bertz CT molecular complexity index is 159. The van der Waals surface area contributed by atoms with Gasteiger partial charge in [0.15, 0.2) is 0 Å². The summed E-state index contributed by atoms with van der Waals surface area (Å²) in [6.45, 7) is 4.31. The molecular weight excluding hydrogens is 174 g/mol. The van der Waals surface area contributed by atoms with Gasteiger partial charge in [0.05, 0.1) is 0 Å². The highest BCUT2D eigenvalue weighted by molar-refractivity contribution is 4.95. The summed E-state index contributed by atoms with van der Waals surface area (Å²) in [5.41, 5.74) is 0. The minimum Gasteiger partial charge on any atom is -0.381 e. The Hall–Kier alpha value is -0.340. The van der Waals surface area contributed by atoms with E-state index < -0.39 is 0 Å². The summed E-state index contributed by atoms with van der Waals surface area (Å²) in [6.07, 6.45) is 9.98. The molecule has 2 fully saturated rings. The van der Waals surface area contributed by atoms with Gasteiger partial charge in [0, 0.05) is 13.2 Å². The molecule has 0 saturated carbocycles. The first-order chi connectivity index (χ1) is 6.95. The topological polar surface area (TPSA) is 21.3 Å². The van der Waals surface area contributed by atoms with E-state index >= 15 is 0 Å². The third-order valence-electron chi connectivity index (χ3n) is 3.31. The van der Waals surface area contributed by atoms with Crippen molar-refractivity contribution in [1.29, 1.82) is 0 Å². The Balaban J connectivity index is 1.73. The highest BCUT2D eigenvalue weighted by atomic mass is 16.5. The molecule has 80 valence electrons. The normalized spacial score (nSPS) is 27.1. The van der Waals surface area contributed by atoms with Crippen molar-refractivity contribution in [3.8, 4) is 0 Å². The number of hydrogen-bond donors (Lipinski definition) is 1. The molecule has 0 bridgehead atoms. The second-order valence-electron chi connectivity index (χ2n) is 4.42. The van der Waals surface area contributed by atoms with E-state index in [-0.39, 0.29) is 0 Å². The van der Waals surface area contributed by atoms with Gasteiger partial charge in [-0.25, -0.2) is 0 Å². The molecule has 0 aromatic carbocycles. The van der Waals surface area contributed by atoms with Gasteiger partial charge in [-0.2, -0.15) is 0 Å². The highest BCUT2D eigenvalue weighted by Gasteiger charge is 2.13. The van der Waals surface area contributed by atoms with Crippen LogP contribution in [0.25, 0.3) is 0 Å². The van der Waals surface area contributed by atoms with Gasteiger partial charge in [0.25, 0.3) is 0 Å². The van der Waals surface area contributed by atoms with Crippen LogP contribution in [0, 0.1) is 11.8 Å². The van der Waals surface area contributed by atoms with Crippen molar-refractivity contribution >= 4 is 0 Å². The first-order valence-electron chi connectivity index (χ1n) is 5.92. The Labute approximate surface area is 86.7 Å². The lowest BCUT2D eigenvalue weighted by Crippen LogP contribution is -2.26. The van der Waals surface area contributed by atoms with Crippen LogP contribution in [0.5, 0.6) is 0 Å². The van der Waals surface area contributed by atoms with E-state index in [0.29, 0.717) is 0 Å². The maximum atomic E-state index is 5.35. The molecule has 0 spiro atoms. The molecule has 2 saturated heterocycles. The molecule has 2 heteroatoms. The molecule has 2 heterocycles. The summed E-state index contributed by atoms with van der Waals surface area (Å²) >= 11 is 0. The SMILES string of the molecule is C(=C\C1CCOCC1)/C1CCNCC1. The number of ether oxygens (including phenoxy) is 1. The summed E-state index contributed by atoms with van der Waals surface area (Å²) in [7, 11) is 0. The number of piperidine rings is 1. The fourth-order valence-electron chi connectivity index (χ4n) is 2.26. The van der Waals surface area contributed by atoms with Crippen molar-refractivity contribution < 1.29 is 4.74 Å². The van der Waals surface area contributed by atoms with E-state index in [0.717, 1.165) is 25.0 Å². The molecule has 2 aliphatic heterocycles. The zero-order valence-electron chi connectivity index (χ0n) is 8.87. The van der Waals surface area contributed by atoms with Crippen molar-refractivity contribution in [1.82, 2.24) is 5.32 Å². The molecule has 2 aliphatic rings. The quantitative estimate of drug-likeness (QED) is 0.680. The first-order valence-corrected chi connectivity index (χ1v) is 5.92. The average Bonchev–Trinajstić information content (AvgIpc) is 2.29. The van der Waals surface area contributed by atoms with E-state index in [4.69, 9.17) is 4.74 Å². The summed E-state index contributed by atoms with van der Waals surface area (Å²) in [5.74, 6) is 1.62. The van der Waals surface area contributed by atoms with Gasteiger partial charge in [-0.3, -0.25) is 0 Å². The monoisotopic (exact) mass is 195 g/mol. The number of rotatable bonds is 2. The molecule has 0 unspecified atom stereocenters. The molecule has 1 N–H and O–H groups in total. The van der Waals surface area contributed by atoms with Crippen LogP contribution in [0.1, 0.15) is 25.7 Å². The molecule has 0 atom stereocenters. The fourth-order valence-corrected chi connectivity index (χ4v) is 2.26. The third-order valence-corrected chi connectivity index (χ3v) is 3.31. The van der Waals surface area contributed by atoms with E-state index in [1.807, 2.05) is 0 Å². The Morgan fingerprint density at radius 2 is 1.43 bits per heavy atom. The van der Waals surface area contributed by atoms with Crippen molar-refractivity contribution in [3.05, 3.63) is 12.2 Å². The predicted octanol–water partition coefficient (Wildman–Crippen LogP) is 1.97. The third kappa shape index (κ3) is 3.10. The van der Waals surface area contributed by atoms with Gasteiger partial charge in [-0.1, -0.05) is 12.2 Å². The number of nitrogens with one attached hydrogen (secondary N) is 1. The second-order valence-corrected chi connectivity index (χ2v) is 4.42. The van der Waals surface area contributed by atoms with Crippen LogP contribution < -0.4 is 5.32 Å². The van der Waals surface area contributed by atoms with Crippen LogP contribution in [0.4, 0.5) is 0 Å². The maximum absolute atomic E-state index is 5.35. The predicted molar refractivity (Wildman–Crippen MR) is 58.3 cm³/mol. The smallest absolute Gasteiger partial charge is 0.0471 e. The molecule has 0 aliphatic carbocycles. The van der Waals surface area contributed by atoms with Crippen molar-refractivity contribution in [2.24, 2.45) is 11.8 Å². The minimum atomic E-state index is 0.790. The average molecular weight is 195 g/mol. The lowest BCUT2D eigenvalue weighted by atomic mass is 9.93. The Kier molecular flexibility index (Phi) is 4.02. The van der Waals surface area contributed by atoms with Crippen LogP contribution in [0.3, 0.4) is 0 Å². The largest absolute Gasteiger partial charge is 0.381 e. The van der Waals surface area contributed by atoms with E-state index in [1.54, 1.807) is 0 Å².